The molecule has 0 amide bonds. The minimum absolute atomic E-state index is 0.164. The van der Waals surface area contributed by atoms with Crippen LogP contribution in [0.1, 0.15) is 57.0 Å². The van der Waals surface area contributed by atoms with Crippen molar-refractivity contribution in [1.82, 2.24) is 20.8 Å². The quantitative estimate of drug-likeness (QED) is 0.503. The van der Waals surface area contributed by atoms with Gasteiger partial charge in [0.2, 0.25) is 5.89 Å². The number of aromatic nitrogens is 2. The Morgan fingerprint density at radius 3 is 2.64 bits per heavy atom. The molecule has 0 radical (unpaired) electrons. The summed E-state index contributed by atoms with van der Waals surface area (Å²) in [5.41, 5.74) is 2.24. The van der Waals surface area contributed by atoms with Gasteiger partial charge in [0.05, 0.1) is 19.2 Å². The van der Waals surface area contributed by atoms with E-state index in [9.17, 15) is 0 Å². The summed E-state index contributed by atoms with van der Waals surface area (Å²) in [7, 11) is 0. The molecule has 2 N–H and O–H groups in total. The highest BCUT2D eigenvalue weighted by Gasteiger charge is 2.11. The van der Waals surface area contributed by atoms with Crippen molar-refractivity contribution in [2.24, 2.45) is 10.9 Å². The van der Waals surface area contributed by atoms with E-state index in [0.717, 1.165) is 24.3 Å². The standard InChI is InChI=1S/C21H33N5O2/c1-7-22-21(24-13-20-25-17(6)26-28-20)23-12-18-9-8-15(4)11-19(18)27-16(5)10-14(2)3/h8-9,11,14,16H,7,10,12-13H2,1-6H3,(H2,22,23,24). The van der Waals surface area contributed by atoms with E-state index in [1.165, 1.54) is 5.56 Å². The van der Waals surface area contributed by atoms with Crippen molar-refractivity contribution in [3.8, 4) is 5.75 Å². The summed E-state index contributed by atoms with van der Waals surface area (Å²) in [6, 6.07) is 6.26. The summed E-state index contributed by atoms with van der Waals surface area (Å²) in [4.78, 5) is 8.89. The molecule has 1 aromatic heterocycles. The SMILES string of the molecule is CCNC(=NCc1ccc(C)cc1OC(C)CC(C)C)NCc1nc(C)no1. The maximum atomic E-state index is 6.22. The van der Waals surface area contributed by atoms with Crippen molar-refractivity contribution < 1.29 is 9.26 Å². The van der Waals surface area contributed by atoms with E-state index in [-0.39, 0.29) is 6.10 Å². The summed E-state index contributed by atoms with van der Waals surface area (Å²) in [5, 5.41) is 10.3. The van der Waals surface area contributed by atoms with E-state index in [1.807, 2.05) is 6.92 Å². The highest BCUT2D eigenvalue weighted by Crippen LogP contribution is 2.24. The second-order valence-electron chi connectivity index (χ2n) is 7.45. The first-order valence-electron chi connectivity index (χ1n) is 9.95. The molecule has 7 heteroatoms. The minimum Gasteiger partial charge on any atom is -0.490 e. The van der Waals surface area contributed by atoms with Crippen LogP contribution in [-0.4, -0.2) is 28.7 Å². The predicted molar refractivity (Wildman–Crippen MR) is 111 cm³/mol. The Morgan fingerprint density at radius 1 is 1.21 bits per heavy atom. The number of ether oxygens (including phenoxy) is 1. The van der Waals surface area contributed by atoms with Crippen molar-refractivity contribution in [3.63, 3.8) is 0 Å². The van der Waals surface area contributed by atoms with Crippen LogP contribution in [0.5, 0.6) is 5.75 Å². The first-order valence-corrected chi connectivity index (χ1v) is 9.95. The van der Waals surface area contributed by atoms with E-state index in [4.69, 9.17) is 9.26 Å². The molecule has 1 aromatic carbocycles. The second-order valence-corrected chi connectivity index (χ2v) is 7.45. The number of hydrogen-bond acceptors (Lipinski definition) is 5. The van der Waals surface area contributed by atoms with Gasteiger partial charge in [-0.2, -0.15) is 4.98 Å². The molecule has 1 atom stereocenters. The van der Waals surface area contributed by atoms with Gasteiger partial charge in [-0.15, -0.1) is 0 Å². The molecule has 0 spiro atoms. The van der Waals surface area contributed by atoms with E-state index >= 15 is 0 Å². The number of benzene rings is 1. The second kappa shape index (κ2) is 10.7. The van der Waals surface area contributed by atoms with Gasteiger partial charge in [-0.05, 0) is 51.7 Å². The molecule has 2 rings (SSSR count). The van der Waals surface area contributed by atoms with Gasteiger partial charge in [0.15, 0.2) is 11.8 Å². The van der Waals surface area contributed by atoms with Crippen LogP contribution in [-0.2, 0) is 13.1 Å². The molecule has 0 saturated carbocycles. The lowest BCUT2D eigenvalue weighted by atomic mass is 10.1. The normalized spacial score (nSPS) is 12.9. The monoisotopic (exact) mass is 387 g/mol. The fraction of sp³-hybridized carbons (Fsp3) is 0.571. The summed E-state index contributed by atoms with van der Waals surface area (Å²) >= 11 is 0. The van der Waals surface area contributed by atoms with Gasteiger partial charge in [0.25, 0.3) is 0 Å². The topological polar surface area (TPSA) is 84.6 Å². The number of rotatable bonds is 9. The smallest absolute Gasteiger partial charge is 0.246 e. The first-order chi connectivity index (χ1) is 13.4. The van der Waals surface area contributed by atoms with Gasteiger partial charge >= 0.3 is 0 Å². The third kappa shape index (κ3) is 7.21. The van der Waals surface area contributed by atoms with Gasteiger partial charge in [0, 0.05) is 12.1 Å². The van der Waals surface area contributed by atoms with Crippen molar-refractivity contribution in [2.45, 2.75) is 67.2 Å². The summed E-state index contributed by atoms with van der Waals surface area (Å²) in [5.74, 6) is 3.35. The molecule has 1 unspecified atom stereocenters. The van der Waals surface area contributed by atoms with Crippen LogP contribution in [0.15, 0.2) is 27.7 Å². The predicted octanol–water partition coefficient (Wildman–Crippen LogP) is 3.76. The van der Waals surface area contributed by atoms with Gasteiger partial charge < -0.3 is 19.9 Å². The molecule has 0 aliphatic carbocycles. The average molecular weight is 388 g/mol. The zero-order valence-electron chi connectivity index (χ0n) is 17.9. The number of nitrogens with one attached hydrogen (secondary N) is 2. The molecular formula is C21H33N5O2. The zero-order chi connectivity index (χ0) is 20.5. The number of nitrogens with zero attached hydrogens (tertiary/aromatic N) is 3. The lowest BCUT2D eigenvalue weighted by Gasteiger charge is -2.19. The van der Waals surface area contributed by atoms with Gasteiger partial charge in [-0.25, -0.2) is 4.99 Å². The van der Waals surface area contributed by atoms with Crippen LogP contribution >= 0.6 is 0 Å². The zero-order valence-corrected chi connectivity index (χ0v) is 17.9. The fourth-order valence-electron chi connectivity index (χ4n) is 2.91. The molecule has 2 aromatic rings. The van der Waals surface area contributed by atoms with Crippen LogP contribution in [0.2, 0.25) is 0 Å². The number of aryl methyl sites for hydroxylation is 2. The van der Waals surface area contributed by atoms with Gasteiger partial charge in [-0.1, -0.05) is 31.1 Å². The van der Waals surface area contributed by atoms with Crippen molar-refractivity contribution in [1.29, 1.82) is 0 Å². The lowest BCUT2D eigenvalue weighted by Crippen LogP contribution is -2.36. The summed E-state index contributed by atoms with van der Waals surface area (Å²) in [6.45, 7) is 14.1. The molecule has 154 valence electrons. The third-order valence-corrected chi connectivity index (χ3v) is 4.08. The maximum absolute atomic E-state index is 6.22. The van der Waals surface area contributed by atoms with E-state index in [2.05, 4.69) is 71.7 Å². The molecule has 28 heavy (non-hydrogen) atoms. The maximum Gasteiger partial charge on any atom is 0.246 e. The fourth-order valence-corrected chi connectivity index (χ4v) is 2.91. The molecular weight excluding hydrogens is 354 g/mol. The molecule has 0 aliphatic rings. The van der Waals surface area contributed by atoms with Crippen LogP contribution < -0.4 is 15.4 Å². The molecule has 0 saturated heterocycles. The molecule has 1 heterocycles. The summed E-state index contributed by atoms with van der Waals surface area (Å²) in [6.07, 6.45) is 1.18. The molecule has 0 fully saturated rings. The lowest BCUT2D eigenvalue weighted by molar-refractivity contribution is 0.191. The largest absolute Gasteiger partial charge is 0.490 e. The average Bonchev–Trinajstić information content (AvgIpc) is 3.03. The molecule has 7 nitrogen and oxygen atoms in total. The Labute approximate surface area is 168 Å². The van der Waals surface area contributed by atoms with Crippen LogP contribution in [0.4, 0.5) is 0 Å². The molecule has 0 aliphatic heterocycles. The number of hydrogen-bond donors (Lipinski definition) is 2. The summed E-state index contributed by atoms with van der Waals surface area (Å²) < 4.78 is 11.4. The van der Waals surface area contributed by atoms with Crippen LogP contribution in [0.25, 0.3) is 0 Å². The Morgan fingerprint density at radius 2 is 2.00 bits per heavy atom. The Hall–Kier alpha value is -2.57. The van der Waals surface area contributed by atoms with E-state index in [0.29, 0.717) is 36.7 Å². The Kier molecular flexibility index (Phi) is 8.29. The highest BCUT2D eigenvalue weighted by atomic mass is 16.5. The first kappa shape index (κ1) is 21.7. The van der Waals surface area contributed by atoms with Crippen molar-refractivity contribution in [2.75, 3.05) is 6.54 Å². The highest BCUT2D eigenvalue weighted by molar-refractivity contribution is 5.79. The Bertz CT molecular complexity index is 770. The van der Waals surface area contributed by atoms with E-state index in [1.54, 1.807) is 6.92 Å². The molecule has 0 bridgehead atoms. The van der Waals surface area contributed by atoms with Crippen LogP contribution in [0, 0.1) is 19.8 Å². The number of aliphatic imine (C=N–C) groups is 1. The Balaban J connectivity index is 2.07. The number of guanidine groups is 1. The van der Waals surface area contributed by atoms with Crippen LogP contribution in [0.3, 0.4) is 0 Å². The van der Waals surface area contributed by atoms with Crippen molar-refractivity contribution in [3.05, 3.63) is 41.0 Å². The van der Waals surface area contributed by atoms with Crippen molar-refractivity contribution >= 4 is 5.96 Å². The van der Waals surface area contributed by atoms with E-state index < -0.39 is 0 Å². The third-order valence-electron chi connectivity index (χ3n) is 4.08. The van der Waals surface area contributed by atoms with Gasteiger partial charge in [-0.3, -0.25) is 0 Å². The van der Waals surface area contributed by atoms with Gasteiger partial charge in [0.1, 0.15) is 5.75 Å². The minimum atomic E-state index is 0.164.